The largest absolute Gasteiger partial charge is 0.468 e. The van der Waals surface area contributed by atoms with Gasteiger partial charge in [-0.25, -0.2) is 0 Å². The molecule has 0 heterocycles. The summed E-state index contributed by atoms with van der Waals surface area (Å²) in [5.41, 5.74) is -0.672. The maximum Gasteiger partial charge on any atom is 0.325 e. The molecule has 0 spiro atoms. The van der Waals surface area contributed by atoms with E-state index in [9.17, 15) is 4.79 Å². The minimum absolute atomic E-state index is 0.257. The molecule has 1 unspecified atom stereocenters. The van der Waals surface area contributed by atoms with Crippen LogP contribution in [0.1, 0.15) is 27.2 Å². The van der Waals surface area contributed by atoms with Gasteiger partial charge >= 0.3 is 5.97 Å². The fraction of sp³-hybridized carbons (Fsp3) is 0.917. The van der Waals surface area contributed by atoms with Crippen LogP contribution in [0.25, 0.3) is 0 Å². The summed E-state index contributed by atoms with van der Waals surface area (Å²) in [5.74, 6) is -0.257. The zero-order valence-electron chi connectivity index (χ0n) is 11.4. The van der Waals surface area contributed by atoms with Gasteiger partial charge in [-0.3, -0.25) is 4.79 Å². The van der Waals surface area contributed by atoms with Gasteiger partial charge in [0.05, 0.1) is 20.3 Å². The van der Waals surface area contributed by atoms with Crippen LogP contribution in [-0.2, 0) is 19.0 Å². The van der Waals surface area contributed by atoms with Crippen molar-refractivity contribution < 1.29 is 19.0 Å². The molecule has 0 fully saturated rings. The molecule has 0 aliphatic carbocycles. The van der Waals surface area contributed by atoms with Crippen LogP contribution in [0.4, 0.5) is 0 Å². The Labute approximate surface area is 104 Å². The molecule has 0 aliphatic rings. The van der Waals surface area contributed by atoms with Crippen molar-refractivity contribution in [1.82, 2.24) is 5.32 Å². The highest BCUT2D eigenvalue weighted by Gasteiger charge is 2.32. The van der Waals surface area contributed by atoms with E-state index in [1.54, 1.807) is 0 Å². The first-order valence-electron chi connectivity index (χ1n) is 6.09. The number of carbonyl (C=O) groups excluding carboxylic acids is 1. The first-order chi connectivity index (χ1) is 8.10. The second kappa shape index (κ2) is 9.39. The molecule has 1 atom stereocenters. The highest BCUT2D eigenvalue weighted by molar-refractivity contribution is 5.80. The van der Waals surface area contributed by atoms with Crippen molar-refractivity contribution in [3.63, 3.8) is 0 Å². The van der Waals surface area contributed by atoms with Gasteiger partial charge in [-0.15, -0.1) is 0 Å². The molecule has 102 valence electrons. The van der Waals surface area contributed by atoms with Crippen LogP contribution in [0.2, 0.25) is 0 Å². The molecule has 0 aromatic heterocycles. The molecule has 0 aromatic rings. The third-order valence-corrected chi connectivity index (χ3v) is 2.53. The number of ether oxygens (including phenoxy) is 3. The fourth-order valence-corrected chi connectivity index (χ4v) is 1.52. The van der Waals surface area contributed by atoms with Crippen LogP contribution >= 0.6 is 0 Å². The monoisotopic (exact) mass is 247 g/mol. The van der Waals surface area contributed by atoms with Gasteiger partial charge in [0.1, 0.15) is 5.54 Å². The lowest BCUT2D eigenvalue weighted by atomic mass is 9.98. The van der Waals surface area contributed by atoms with E-state index < -0.39 is 5.54 Å². The van der Waals surface area contributed by atoms with Crippen LogP contribution in [0.3, 0.4) is 0 Å². The van der Waals surface area contributed by atoms with E-state index >= 15 is 0 Å². The van der Waals surface area contributed by atoms with Crippen molar-refractivity contribution in [2.24, 2.45) is 0 Å². The summed E-state index contributed by atoms with van der Waals surface area (Å²) in [4.78, 5) is 11.6. The third-order valence-electron chi connectivity index (χ3n) is 2.53. The number of hydrogen-bond acceptors (Lipinski definition) is 5. The molecule has 0 radical (unpaired) electrons. The molecule has 0 rings (SSSR count). The van der Waals surface area contributed by atoms with E-state index in [1.165, 1.54) is 7.11 Å². The minimum Gasteiger partial charge on any atom is -0.468 e. The SMILES string of the molecule is CCNC(C)(CCOCCOCC)C(=O)OC. The van der Waals surface area contributed by atoms with Gasteiger partial charge in [0.2, 0.25) is 0 Å². The van der Waals surface area contributed by atoms with Crippen molar-refractivity contribution in [2.75, 3.05) is 40.1 Å². The zero-order chi connectivity index (χ0) is 13.1. The molecule has 0 aromatic carbocycles. The van der Waals surface area contributed by atoms with Gasteiger partial charge in [0.15, 0.2) is 0 Å². The van der Waals surface area contributed by atoms with Crippen molar-refractivity contribution in [2.45, 2.75) is 32.7 Å². The average Bonchev–Trinajstić information content (AvgIpc) is 2.33. The number of esters is 1. The van der Waals surface area contributed by atoms with Crippen LogP contribution in [0, 0.1) is 0 Å². The van der Waals surface area contributed by atoms with Gasteiger partial charge in [0, 0.05) is 13.2 Å². The predicted octanol–water partition coefficient (Wildman–Crippen LogP) is 0.971. The molecule has 5 heteroatoms. The first kappa shape index (κ1) is 16.4. The second-order valence-electron chi connectivity index (χ2n) is 3.91. The summed E-state index contributed by atoms with van der Waals surface area (Å²) in [6.07, 6.45) is 0.583. The van der Waals surface area contributed by atoms with E-state index in [-0.39, 0.29) is 5.97 Å². The highest BCUT2D eigenvalue weighted by Crippen LogP contribution is 2.11. The number of nitrogens with one attached hydrogen (secondary N) is 1. The summed E-state index contributed by atoms with van der Waals surface area (Å²) in [7, 11) is 1.40. The molecule has 0 amide bonds. The first-order valence-corrected chi connectivity index (χ1v) is 6.09. The quantitative estimate of drug-likeness (QED) is 0.460. The number of hydrogen-bond donors (Lipinski definition) is 1. The predicted molar refractivity (Wildman–Crippen MR) is 66.0 cm³/mol. The summed E-state index contributed by atoms with van der Waals surface area (Å²) >= 11 is 0. The zero-order valence-corrected chi connectivity index (χ0v) is 11.4. The number of likely N-dealkylation sites (N-methyl/N-ethyl adjacent to an activating group) is 1. The van der Waals surface area contributed by atoms with Crippen LogP contribution in [0.15, 0.2) is 0 Å². The Hall–Kier alpha value is -0.650. The molecular weight excluding hydrogens is 222 g/mol. The van der Waals surface area contributed by atoms with E-state index in [2.05, 4.69) is 5.32 Å². The van der Waals surface area contributed by atoms with E-state index in [1.807, 2.05) is 20.8 Å². The van der Waals surface area contributed by atoms with Crippen LogP contribution < -0.4 is 5.32 Å². The lowest BCUT2D eigenvalue weighted by Crippen LogP contribution is -2.50. The summed E-state index contributed by atoms with van der Waals surface area (Å²) in [6.45, 7) is 8.78. The Balaban J connectivity index is 3.88. The number of methoxy groups -OCH3 is 1. The molecule has 5 nitrogen and oxygen atoms in total. The van der Waals surface area contributed by atoms with E-state index in [0.29, 0.717) is 39.4 Å². The highest BCUT2D eigenvalue weighted by atomic mass is 16.5. The van der Waals surface area contributed by atoms with Gasteiger partial charge in [-0.2, -0.15) is 0 Å². The van der Waals surface area contributed by atoms with Gasteiger partial charge in [-0.1, -0.05) is 6.92 Å². The Morgan fingerprint density at radius 2 is 1.82 bits per heavy atom. The Bertz CT molecular complexity index is 211. The van der Waals surface area contributed by atoms with Crippen molar-refractivity contribution in [3.05, 3.63) is 0 Å². The summed E-state index contributed by atoms with van der Waals surface area (Å²) in [5, 5.41) is 3.13. The fourth-order valence-electron chi connectivity index (χ4n) is 1.52. The molecular formula is C12H25NO4. The maximum absolute atomic E-state index is 11.6. The van der Waals surface area contributed by atoms with E-state index in [4.69, 9.17) is 14.2 Å². The number of carbonyl (C=O) groups is 1. The van der Waals surface area contributed by atoms with E-state index in [0.717, 1.165) is 0 Å². The van der Waals surface area contributed by atoms with Crippen LogP contribution in [0.5, 0.6) is 0 Å². The number of rotatable bonds is 10. The molecule has 0 bridgehead atoms. The van der Waals surface area contributed by atoms with Gasteiger partial charge in [-0.05, 0) is 26.8 Å². The van der Waals surface area contributed by atoms with Crippen molar-refractivity contribution >= 4 is 5.97 Å². The van der Waals surface area contributed by atoms with Gasteiger partial charge < -0.3 is 19.5 Å². The molecule has 17 heavy (non-hydrogen) atoms. The summed E-state index contributed by atoms with van der Waals surface area (Å²) < 4.78 is 15.3. The topological polar surface area (TPSA) is 56.8 Å². The average molecular weight is 247 g/mol. The van der Waals surface area contributed by atoms with Crippen LogP contribution in [-0.4, -0.2) is 51.6 Å². The maximum atomic E-state index is 11.6. The Kier molecular flexibility index (Phi) is 9.03. The molecule has 0 saturated carbocycles. The Morgan fingerprint density at radius 1 is 1.18 bits per heavy atom. The lowest BCUT2D eigenvalue weighted by molar-refractivity contribution is -0.148. The lowest BCUT2D eigenvalue weighted by Gasteiger charge is -2.27. The van der Waals surface area contributed by atoms with Crippen molar-refractivity contribution in [1.29, 1.82) is 0 Å². The minimum atomic E-state index is -0.672. The van der Waals surface area contributed by atoms with Crippen molar-refractivity contribution in [3.8, 4) is 0 Å². The molecule has 1 N–H and O–H groups in total. The Morgan fingerprint density at radius 3 is 2.35 bits per heavy atom. The molecule has 0 aliphatic heterocycles. The summed E-state index contributed by atoms with van der Waals surface area (Å²) in [6, 6.07) is 0. The standard InChI is InChI=1S/C12H25NO4/c1-5-13-12(3,11(14)15-4)7-8-17-10-9-16-6-2/h13H,5-10H2,1-4H3. The van der Waals surface area contributed by atoms with Gasteiger partial charge in [0.25, 0.3) is 0 Å². The second-order valence-corrected chi connectivity index (χ2v) is 3.91. The normalized spacial score (nSPS) is 14.4. The third kappa shape index (κ3) is 6.61. The smallest absolute Gasteiger partial charge is 0.325 e. The molecule has 0 saturated heterocycles.